The van der Waals surface area contributed by atoms with E-state index in [2.05, 4.69) is 31.4 Å². The van der Waals surface area contributed by atoms with Gasteiger partial charge in [0.2, 0.25) is 5.91 Å². The highest BCUT2D eigenvalue weighted by molar-refractivity contribution is 6.01. The lowest BCUT2D eigenvalue weighted by Crippen LogP contribution is -2.41. The van der Waals surface area contributed by atoms with Gasteiger partial charge in [0.1, 0.15) is 6.04 Å². The van der Waals surface area contributed by atoms with Crippen LogP contribution in [0.25, 0.3) is 0 Å². The van der Waals surface area contributed by atoms with Crippen molar-refractivity contribution in [2.45, 2.75) is 46.1 Å². The first-order valence-electron chi connectivity index (χ1n) is 8.91. The number of amides is 2. The van der Waals surface area contributed by atoms with Crippen LogP contribution in [0.15, 0.2) is 48.5 Å². The molecule has 5 heteroatoms. The second-order valence-electron chi connectivity index (χ2n) is 7.65. The van der Waals surface area contributed by atoms with Gasteiger partial charge in [-0.1, -0.05) is 32.9 Å². The fourth-order valence-corrected chi connectivity index (χ4v) is 2.51. The molecule has 2 aromatic rings. The molecule has 27 heavy (non-hydrogen) atoms. The summed E-state index contributed by atoms with van der Waals surface area (Å²) in [5, 5.41) is 5.43. The zero-order valence-electron chi connectivity index (χ0n) is 16.4. The summed E-state index contributed by atoms with van der Waals surface area (Å²) in [6.07, 6.45) is 0. The summed E-state index contributed by atoms with van der Waals surface area (Å²) < 4.78 is 0. The van der Waals surface area contributed by atoms with E-state index in [9.17, 15) is 14.4 Å². The maximum Gasteiger partial charge on any atom is 0.251 e. The van der Waals surface area contributed by atoms with E-state index in [1.54, 1.807) is 43.3 Å². The summed E-state index contributed by atoms with van der Waals surface area (Å²) in [7, 11) is 0. The number of rotatable bonds is 5. The molecule has 5 nitrogen and oxygen atoms in total. The number of hydrogen-bond donors (Lipinski definition) is 2. The fourth-order valence-electron chi connectivity index (χ4n) is 2.51. The Labute approximate surface area is 160 Å². The van der Waals surface area contributed by atoms with Crippen LogP contribution in [-0.2, 0) is 10.2 Å². The number of benzene rings is 2. The lowest BCUT2D eigenvalue weighted by molar-refractivity contribution is -0.117. The maximum absolute atomic E-state index is 12.4. The fraction of sp³-hybridized carbons (Fsp3) is 0.318. The van der Waals surface area contributed by atoms with Crippen LogP contribution in [0, 0.1) is 0 Å². The van der Waals surface area contributed by atoms with Crippen molar-refractivity contribution in [2.75, 3.05) is 5.32 Å². The van der Waals surface area contributed by atoms with Crippen molar-refractivity contribution in [3.8, 4) is 0 Å². The van der Waals surface area contributed by atoms with Crippen LogP contribution < -0.4 is 10.6 Å². The van der Waals surface area contributed by atoms with E-state index in [0.717, 1.165) is 5.56 Å². The Kier molecular flexibility index (Phi) is 6.16. The lowest BCUT2D eigenvalue weighted by atomic mass is 9.86. The molecule has 0 bridgehead atoms. The SMILES string of the molecule is CC(=O)c1ccc(NC(=O)C(C)NC(=O)c2ccc(C(C)(C)C)cc2)cc1. The van der Waals surface area contributed by atoms with E-state index in [-0.39, 0.29) is 23.0 Å². The molecule has 0 saturated carbocycles. The molecule has 0 aliphatic heterocycles. The minimum absolute atomic E-state index is 0.0140. The van der Waals surface area contributed by atoms with Crippen molar-refractivity contribution < 1.29 is 14.4 Å². The molecule has 0 aliphatic rings. The lowest BCUT2D eigenvalue weighted by Gasteiger charge is -2.19. The molecule has 0 fully saturated rings. The topological polar surface area (TPSA) is 75.3 Å². The molecule has 0 heterocycles. The molecule has 142 valence electrons. The van der Waals surface area contributed by atoms with Gasteiger partial charge in [0.25, 0.3) is 5.91 Å². The van der Waals surface area contributed by atoms with Crippen molar-refractivity contribution in [1.82, 2.24) is 5.32 Å². The predicted octanol–water partition coefficient (Wildman–Crippen LogP) is 3.94. The summed E-state index contributed by atoms with van der Waals surface area (Å²) in [4.78, 5) is 35.9. The minimum Gasteiger partial charge on any atom is -0.341 e. The summed E-state index contributed by atoms with van der Waals surface area (Å²) in [5.74, 6) is -0.665. The highest BCUT2D eigenvalue weighted by Crippen LogP contribution is 2.22. The molecule has 2 aromatic carbocycles. The van der Waals surface area contributed by atoms with Gasteiger partial charge in [0.05, 0.1) is 0 Å². The van der Waals surface area contributed by atoms with Crippen molar-refractivity contribution >= 4 is 23.3 Å². The third kappa shape index (κ3) is 5.51. The zero-order valence-corrected chi connectivity index (χ0v) is 16.4. The van der Waals surface area contributed by atoms with Gasteiger partial charge >= 0.3 is 0 Å². The van der Waals surface area contributed by atoms with Crippen LogP contribution in [-0.4, -0.2) is 23.6 Å². The van der Waals surface area contributed by atoms with Gasteiger partial charge in [-0.25, -0.2) is 0 Å². The van der Waals surface area contributed by atoms with Crippen LogP contribution >= 0.6 is 0 Å². The third-order valence-corrected chi connectivity index (χ3v) is 4.31. The number of carbonyl (C=O) groups excluding carboxylic acids is 3. The molecule has 0 spiro atoms. The Bertz CT molecular complexity index is 831. The first-order chi connectivity index (χ1) is 12.6. The van der Waals surface area contributed by atoms with Crippen molar-refractivity contribution in [3.63, 3.8) is 0 Å². The quantitative estimate of drug-likeness (QED) is 0.787. The van der Waals surface area contributed by atoms with Gasteiger partial charge in [-0.15, -0.1) is 0 Å². The first-order valence-corrected chi connectivity index (χ1v) is 8.91. The summed E-state index contributed by atoms with van der Waals surface area (Å²) in [5.41, 5.74) is 2.81. The molecular formula is C22H26N2O3. The van der Waals surface area contributed by atoms with E-state index in [1.165, 1.54) is 6.92 Å². The molecule has 2 amide bonds. The van der Waals surface area contributed by atoms with Crippen LogP contribution in [0.1, 0.15) is 60.9 Å². The monoisotopic (exact) mass is 366 g/mol. The summed E-state index contributed by atoms with van der Waals surface area (Å²) in [6.45, 7) is 9.44. The molecular weight excluding hydrogens is 340 g/mol. The smallest absolute Gasteiger partial charge is 0.251 e. The van der Waals surface area contributed by atoms with Gasteiger partial charge in [0.15, 0.2) is 5.78 Å². The zero-order chi connectivity index (χ0) is 20.2. The van der Waals surface area contributed by atoms with E-state index in [4.69, 9.17) is 0 Å². The van der Waals surface area contributed by atoms with Gasteiger partial charge in [-0.05, 0) is 61.2 Å². The van der Waals surface area contributed by atoms with Gasteiger partial charge in [-0.2, -0.15) is 0 Å². The molecule has 0 aliphatic carbocycles. The maximum atomic E-state index is 12.4. The number of nitrogens with one attached hydrogen (secondary N) is 2. The minimum atomic E-state index is -0.702. The molecule has 2 rings (SSSR count). The first kappa shape index (κ1) is 20.4. The van der Waals surface area contributed by atoms with Gasteiger partial charge in [0, 0.05) is 16.8 Å². The Balaban J connectivity index is 1.97. The Hall–Kier alpha value is -2.95. The molecule has 1 unspecified atom stereocenters. The standard InChI is InChI=1S/C22H26N2O3/c1-14(20(26)24-19-12-8-16(9-13-19)15(2)25)23-21(27)17-6-10-18(11-7-17)22(3,4)5/h6-14H,1-5H3,(H,23,27)(H,24,26). The van der Waals surface area contributed by atoms with E-state index in [1.807, 2.05) is 12.1 Å². The average Bonchev–Trinajstić information content (AvgIpc) is 2.61. The van der Waals surface area contributed by atoms with Crippen molar-refractivity contribution in [3.05, 3.63) is 65.2 Å². The number of ketones is 1. The number of Topliss-reactive ketones (excluding diaryl/α,β-unsaturated/α-hetero) is 1. The van der Waals surface area contributed by atoms with Crippen LogP contribution in [0.4, 0.5) is 5.69 Å². The molecule has 0 aromatic heterocycles. The van der Waals surface area contributed by atoms with E-state index in [0.29, 0.717) is 16.8 Å². The van der Waals surface area contributed by atoms with Gasteiger partial charge in [-0.3, -0.25) is 14.4 Å². The normalized spacial score (nSPS) is 12.2. The second-order valence-corrected chi connectivity index (χ2v) is 7.65. The van der Waals surface area contributed by atoms with E-state index >= 15 is 0 Å². The largest absolute Gasteiger partial charge is 0.341 e. The Morgan fingerprint density at radius 1 is 0.852 bits per heavy atom. The Morgan fingerprint density at radius 2 is 1.37 bits per heavy atom. The van der Waals surface area contributed by atoms with Crippen molar-refractivity contribution in [1.29, 1.82) is 0 Å². The van der Waals surface area contributed by atoms with Crippen LogP contribution in [0.3, 0.4) is 0 Å². The number of carbonyl (C=O) groups is 3. The van der Waals surface area contributed by atoms with Crippen LogP contribution in [0.2, 0.25) is 0 Å². The van der Waals surface area contributed by atoms with E-state index < -0.39 is 6.04 Å². The number of anilines is 1. The molecule has 1 atom stereocenters. The van der Waals surface area contributed by atoms with Crippen LogP contribution in [0.5, 0.6) is 0 Å². The average molecular weight is 366 g/mol. The van der Waals surface area contributed by atoms with Crippen molar-refractivity contribution in [2.24, 2.45) is 0 Å². The summed E-state index contributed by atoms with van der Waals surface area (Å²) in [6, 6.07) is 13.3. The predicted molar refractivity (Wildman–Crippen MR) is 107 cm³/mol. The second kappa shape index (κ2) is 8.16. The molecule has 0 saturated heterocycles. The molecule has 2 N–H and O–H groups in total. The third-order valence-electron chi connectivity index (χ3n) is 4.31. The summed E-state index contributed by atoms with van der Waals surface area (Å²) >= 11 is 0. The Morgan fingerprint density at radius 3 is 1.85 bits per heavy atom. The molecule has 0 radical (unpaired) electrons. The highest BCUT2D eigenvalue weighted by atomic mass is 16.2. The highest BCUT2D eigenvalue weighted by Gasteiger charge is 2.18. The number of hydrogen-bond acceptors (Lipinski definition) is 3. The van der Waals surface area contributed by atoms with Gasteiger partial charge < -0.3 is 10.6 Å².